The minimum atomic E-state index is 0.571. The highest BCUT2D eigenvalue weighted by Crippen LogP contribution is 2.21. The predicted octanol–water partition coefficient (Wildman–Crippen LogP) is 0.779. The summed E-state index contributed by atoms with van der Waals surface area (Å²) in [4.78, 5) is 5.03. The second kappa shape index (κ2) is 6.85. The van der Waals surface area contributed by atoms with Gasteiger partial charge in [0.05, 0.1) is 6.61 Å². The van der Waals surface area contributed by atoms with E-state index in [0.29, 0.717) is 18.1 Å². The lowest BCUT2D eigenvalue weighted by atomic mass is 9.97. The third-order valence-electron chi connectivity index (χ3n) is 4.42. The van der Waals surface area contributed by atoms with E-state index in [-0.39, 0.29) is 0 Å². The molecule has 18 heavy (non-hydrogen) atoms. The maximum atomic E-state index is 5.71. The van der Waals surface area contributed by atoms with Crippen molar-refractivity contribution in [3.8, 4) is 0 Å². The third kappa shape index (κ3) is 3.44. The first-order valence-electron chi connectivity index (χ1n) is 7.44. The van der Waals surface area contributed by atoms with E-state index in [9.17, 15) is 0 Å². The van der Waals surface area contributed by atoms with Gasteiger partial charge < -0.3 is 15.0 Å². The molecule has 2 aliphatic heterocycles. The summed E-state index contributed by atoms with van der Waals surface area (Å²) in [5.41, 5.74) is 0. The van der Waals surface area contributed by atoms with E-state index in [2.05, 4.69) is 36.1 Å². The fraction of sp³-hybridized carbons (Fsp3) is 1.00. The minimum Gasteiger partial charge on any atom is -0.380 e. The van der Waals surface area contributed by atoms with Gasteiger partial charge in [-0.2, -0.15) is 0 Å². The number of hydrogen-bond donors (Lipinski definition) is 1. The van der Waals surface area contributed by atoms with E-state index in [4.69, 9.17) is 4.74 Å². The van der Waals surface area contributed by atoms with Crippen molar-refractivity contribution in [3.05, 3.63) is 0 Å². The topological polar surface area (TPSA) is 27.7 Å². The molecular weight excluding hydrogens is 226 g/mol. The van der Waals surface area contributed by atoms with Crippen LogP contribution in [0, 0.1) is 0 Å². The van der Waals surface area contributed by atoms with Crippen LogP contribution in [0.4, 0.5) is 0 Å². The maximum absolute atomic E-state index is 5.71. The lowest BCUT2D eigenvalue weighted by Crippen LogP contribution is -2.59. The lowest BCUT2D eigenvalue weighted by Gasteiger charge is -2.45. The third-order valence-corrected chi connectivity index (χ3v) is 4.42. The van der Waals surface area contributed by atoms with E-state index in [1.54, 1.807) is 0 Å². The van der Waals surface area contributed by atoms with Gasteiger partial charge in [-0.25, -0.2) is 0 Å². The molecule has 0 aromatic rings. The van der Waals surface area contributed by atoms with Crippen LogP contribution in [0.3, 0.4) is 0 Å². The van der Waals surface area contributed by atoms with Gasteiger partial charge in [-0.3, -0.25) is 4.90 Å². The van der Waals surface area contributed by atoms with Gasteiger partial charge in [0.25, 0.3) is 0 Å². The van der Waals surface area contributed by atoms with E-state index < -0.39 is 0 Å². The molecule has 4 heteroatoms. The molecule has 0 spiro atoms. The van der Waals surface area contributed by atoms with Gasteiger partial charge in [0, 0.05) is 31.3 Å². The van der Waals surface area contributed by atoms with Gasteiger partial charge in [0.1, 0.15) is 0 Å². The molecule has 0 amide bonds. The van der Waals surface area contributed by atoms with Crippen LogP contribution in [0.15, 0.2) is 0 Å². The Morgan fingerprint density at radius 2 is 2.17 bits per heavy atom. The molecule has 2 rings (SSSR count). The van der Waals surface area contributed by atoms with Crippen molar-refractivity contribution < 1.29 is 4.74 Å². The first-order chi connectivity index (χ1) is 8.72. The van der Waals surface area contributed by atoms with Crippen molar-refractivity contribution in [2.75, 3.05) is 46.9 Å². The summed E-state index contributed by atoms with van der Waals surface area (Å²) in [5.74, 6) is 0. The Balaban J connectivity index is 1.95. The van der Waals surface area contributed by atoms with Crippen molar-refractivity contribution >= 4 is 0 Å². The van der Waals surface area contributed by atoms with Crippen molar-refractivity contribution in [2.45, 2.75) is 44.3 Å². The Morgan fingerprint density at radius 1 is 1.33 bits per heavy atom. The van der Waals surface area contributed by atoms with E-state index in [1.165, 1.54) is 25.9 Å². The minimum absolute atomic E-state index is 0.571. The van der Waals surface area contributed by atoms with Crippen LogP contribution in [0.25, 0.3) is 0 Å². The molecule has 106 valence electrons. The molecule has 2 heterocycles. The zero-order valence-electron chi connectivity index (χ0n) is 12.2. The zero-order valence-corrected chi connectivity index (χ0v) is 12.2. The monoisotopic (exact) mass is 255 g/mol. The number of rotatable bonds is 4. The van der Waals surface area contributed by atoms with Crippen LogP contribution < -0.4 is 5.32 Å². The van der Waals surface area contributed by atoms with Gasteiger partial charge in [-0.15, -0.1) is 0 Å². The van der Waals surface area contributed by atoms with E-state index in [0.717, 1.165) is 26.2 Å². The summed E-state index contributed by atoms with van der Waals surface area (Å²) < 4.78 is 5.71. The van der Waals surface area contributed by atoms with Gasteiger partial charge in [0.2, 0.25) is 0 Å². The molecule has 3 unspecified atom stereocenters. The SMILES string of the molecule is CCNC1CCOCC1N1CCCC(N(C)C)C1. The summed E-state index contributed by atoms with van der Waals surface area (Å²) >= 11 is 0. The van der Waals surface area contributed by atoms with E-state index >= 15 is 0 Å². The van der Waals surface area contributed by atoms with Crippen LogP contribution in [0.1, 0.15) is 26.2 Å². The van der Waals surface area contributed by atoms with Gasteiger partial charge in [-0.1, -0.05) is 6.92 Å². The van der Waals surface area contributed by atoms with Crippen molar-refractivity contribution in [1.82, 2.24) is 15.1 Å². The molecule has 2 aliphatic rings. The molecule has 0 aliphatic carbocycles. The van der Waals surface area contributed by atoms with Gasteiger partial charge in [0.15, 0.2) is 0 Å². The predicted molar refractivity (Wildman–Crippen MR) is 75.0 cm³/mol. The molecule has 2 fully saturated rings. The van der Waals surface area contributed by atoms with Crippen molar-refractivity contribution in [3.63, 3.8) is 0 Å². The molecule has 0 aromatic carbocycles. The Morgan fingerprint density at radius 3 is 2.89 bits per heavy atom. The highest BCUT2D eigenvalue weighted by molar-refractivity contribution is 4.91. The second-order valence-corrected chi connectivity index (χ2v) is 5.85. The average Bonchev–Trinajstić information content (AvgIpc) is 2.40. The van der Waals surface area contributed by atoms with Gasteiger partial charge in [-0.05, 0) is 46.4 Å². The highest BCUT2D eigenvalue weighted by Gasteiger charge is 2.33. The summed E-state index contributed by atoms with van der Waals surface area (Å²) in [7, 11) is 4.40. The van der Waals surface area contributed by atoms with Crippen molar-refractivity contribution in [2.24, 2.45) is 0 Å². The highest BCUT2D eigenvalue weighted by atomic mass is 16.5. The van der Waals surface area contributed by atoms with Crippen LogP contribution in [-0.4, -0.2) is 74.9 Å². The summed E-state index contributed by atoms with van der Waals surface area (Å²) in [6.07, 6.45) is 3.81. The molecule has 0 radical (unpaired) electrons. The van der Waals surface area contributed by atoms with Crippen LogP contribution in [0.5, 0.6) is 0 Å². The first-order valence-corrected chi connectivity index (χ1v) is 7.44. The number of likely N-dealkylation sites (N-methyl/N-ethyl adjacent to an activating group) is 2. The Hall–Kier alpha value is -0.160. The van der Waals surface area contributed by atoms with Crippen LogP contribution in [-0.2, 0) is 4.74 Å². The number of nitrogens with one attached hydrogen (secondary N) is 1. The molecule has 0 saturated carbocycles. The summed E-state index contributed by atoms with van der Waals surface area (Å²) in [5, 5.41) is 3.64. The zero-order chi connectivity index (χ0) is 13.0. The molecule has 0 aromatic heterocycles. The Kier molecular flexibility index (Phi) is 5.42. The second-order valence-electron chi connectivity index (χ2n) is 5.85. The summed E-state index contributed by atoms with van der Waals surface area (Å²) in [6, 6.07) is 1.90. The van der Waals surface area contributed by atoms with E-state index in [1.807, 2.05) is 0 Å². The van der Waals surface area contributed by atoms with Crippen LogP contribution in [0.2, 0.25) is 0 Å². The molecular formula is C14H29N3O. The average molecular weight is 255 g/mol. The molecule has 0 bridgehead atoms. The molecule has 4 nitrogen and oxygen atoms in total. The quantitative estimate of drug-likeness (QED) is 0.803. The van der Waals surface area contributed by atoms with Crippen molar-refractivity contribution in [1.29, 1.82) is 0 Å². The number of likely N-dealkylation sites (tertiary alicyclic amines) is 1. The fourth-order valence-corrected chi connectivity index (χ4v) is 3.29. The molecule has 3 atom stereocenters. The maximum Gasteiger partial charge on any atom is 0.0637 e. The summed E-state index contributed by atoms with van der Waals surface area (Å²) in [6.45, 7) is 7.51. The number of piperidine rings is 1. The number of nitrogens with zero attached hydrogens (tertiary/aromatic N) is 2. The lowest BCUT2D eigenvalue weighted by molar-refractivity contribution is -0.0205. The fourth-order valence-electron chi connectivity index (χ4n) is 3.29. The Bertz CT molecular complexity index is 245. The standard InChI is InChI=1S/C14H29N3O/c1-4-15-13-7-9-18-11-14(13)17-8-5-6-12(10-17)16(2)3/h12-15H,4-11H2,1-3H3. The molecule has 2 saturated heterocycles. The molecule has 1 N–H and O–H groups in total. The number of ether oxygens (including phenoxy) is 1. The first kappa shape index (κ1) is 14.3. The van der Waals surface area contributed by atoms with Crippen LogP contribution >= 0.6 is 0 Å². The van der Waals surface area contributed by atoms with Gasteiger partial charge >= 0.3 is 0 Å². The Labute approximate surface area is 112 Å². The number of hydrogen-bond acceptors (Lipinski definition) is 4. The smallest absolute Gasteiger partial charge is 0.0637 e. The largest absolute Gasteiger partial charge is 0.380 e. The normalized spacial score (nSPS) is 35.0.